The van der Waals surface area contributed by atoms with Crippen molar-refractivity contribution in [2.75, 3.05) is 45.6 Å². The molecule has 244 valence electrons. The first-order valence-electron chi connectivity index (χ1n) is 14.8. The van der Waals surface area contributed by atoms with Crippen molar-refractivity contribution in [2.45, 2.75) is 52.6 Å². The molecular weight excluding hydrogens is 589 g/mol. The number of carbonyl (C=O) groups excluding carboxylic acids is 3. The van der Waals surface area contributed by atoms with Crippen molar-refractivity contribution in [3.8, 4) is 5.75 Å². The number of urea groups is 1. The van der Waals surface area contributed by atoms with Crippen LogP contribution < -0.4 is 15.4 Å². The third-order valence-corrected chi connectivity index (χ3v) is 7.70. The smallest absolute Gasteiger partial charge is 0.404 e. The van der Waals surface area contributed by atoms with E-state index in [-0.39, 0.29) is 24.7 Å². The molecule has 3 N–H and O–H groups in total. The maximum absolute atomic E-state index is 14.0. The summed E-state index contributed by atoms with van der Waals surface area (Å²) in [7, 11) is 3.62. The molecule has 1 aliphatic rings. The minimum absolute atomic E-state index is 0.0128. The molecular formula is C32H41F3N6O4. The molecule has 4 amide bonds. The van der Waals surface area contributed by atoms with E-state index in [4.69, 9.17) is 0 Å². The fourth-order valence-electron chi connectivity index (χ4n) is 5.44. The number of fused-ring (bicyclic) bond motifs is 1. The molecule has 45 heavy (non-hydrogen) atoms. The summed E-state index contributed by atoms with van der Waals surface area (Å²) in [5, 5.41) is 6.29. The van der Waals surface area contributed by atoms with Gasteiger partial charge in [0.15, 0.2) is 5.75 Å². The second-order valence-corrected chi connectivity index (χ2v) is 12.6. The van der Waals surface area contributed by atoms with Crippen molar-refractivity contribution in [1.29, 1.82) is 0 Å². The molecule has 3 aromatic rings. The van der Waals surface area contributed by atoms with Gasteiger partial charge in [0.2, 0.25) is 11.8 Å². The van der Waals surface area contributed by atoms with E-state index >= 15 is 0 Å². The number of rotatable bonds is 8. The van der Waals surface area contributed by atoms with Crippen LogP contribution in [0, 0.1) is 5.41 Å². The van der Waals surface area contributed by atoms with Crippen LogP contribution in [-0.4, -0.2) is 90.2 Å². The Balaban J connectivity index is 1.62. The quantitative estimate of drug-likeness (QED) is 0.320. The van der Waals surface area contributed by atoms with Gasteiger partial charge < -0.3 is 35.1 Å². The summed E-state index contributed by atoms with van der Waals surface area (Å²) in [6.45, 7) is 8.91. The van der Waals surface area contributed by atoms with Crippen LogP contribution in [0.4, 0.5) is 23.7 Å². The number of benzene rings is 2. The van der Waals surface area contributed by atoms with E-state index in [0.717, 1.165) is 22.5 Å². The fraction of sp³-hybridized carbons (Fsp3) is 0.469. The minimum Gasteiger partial charge on any atom is -0.404 e. The van der Waals surface area contributed by atoms with Gasteiger partial charge in [0.1, 0.15) is 6.04 Å². The molecule has 0 spiro atoms. The molecule has 0 saturated carbocycles. The highest BCUT2D eigenvalue weighted by Crippen LogP contribution is 2.33. The first-order valence-corrected chi connectivity index (χ1v) is 14.8. The molecule has 0 radical (unpaired) electrons. The number of anilines is 1. The lowest BCUT2D eigenvalue weighted by atomic mass is 9.92. The van der Waals surface area contributed by atoms with Gasteiger partial charge in [-0.05, 0) is 43.4 Å². The van der Waals surface area contributed by atoms with E-state index in [1.807, 2.05) is 64.0 Å². The Morgan fingerprint density at radius 3 is 2.27 bits per heavy atom. The lowest BCUT2D eigenvalue weighted by molar-refractivity contribution is -0.274. The number of aromatic amines is 1. The highest BCUT2D eigenvalue weighted by atomic mass is 19.4. The van der Waals surface area contributed by atoms with Crippen molar-refractivity contribution in [1.82, 2.24) is 25.0 Å². The van der Waals surface area contributed by atoms with Crippen LogP contribution in [0.15, 0.2) is 48.7 Å². The van der Waals surface area contributed by atoms with Crippen LogP contribution in [0.5, 0.6) is 5.75 Å². The van der Waals surface area contributed by atoms with Gasteiger partial charge in [-0.3, -0.25) is 9.59 Å². The molecule has 0 aliphatic carbocycles. The third kappa shape index (κ3) is 8.47. The normalized spacial score (nSPS) is 15.6. The summed E-state index contributed by atoms with van der Waals surface area (Å²) in [5.41, 5.74) is 1.51. The molecule has 13 heteroatoms. The van der Waals surface area contributed by atoms with Crippen molar-refractivity contribution in [3.63, 3.8) is 0 Å². The summed E-state index contributed by atoms with van der Waals surface area (Å²) in [6.07, 6.45) is -3.22. The highest BCUT2D eigenvalue weighted by Gasteiger charge is 2.36. The van der Waals surface area contributed by atoms with Gasteiger partial charge in [-0.15, -0.1) is 13.2 Å². The molecule has 1 aliphatic heterocycles. The number of ether oxygens (including phenoxy) is 1. The zero-order chi connectivity index (χ0) is 33.1. The van der Waals surface area contributed by atoms with Gasteiger partial charge in [0.05, 0.1) is 5.69 Å². The number of halogens is 3. The number of alkyl halides is 3. The van der Waals surface area contributed by atoms with E-state index in [1.54, 1.807) is 18.0 Å². The van der Waals surface area contributed by atoms with E-state index in [0.29, 0.717) is 25.2 Å². The van der Waals surface area contributed by atoms with E-state index in [2.05, 4.69) is 20.4 Å². The number of hydrogen-bond acceptors (Lipinski definition) is 5. The van der Waals surface area contributed by atoms with Crippen molar-refractivity contribution >= 4 is 34.4 Å². The SMILES string of the molecule is C[C@@H](c1c[nH]c2ccccc12)[C@@H](NC(=O)N1CCN(C(=O)C(C)(C)C)CC1)C(=O)Nc1cc(CN(C)C)ccc1OC(F)(F)F. The van der Waals surface area contributed by atoms with Crippen molar-refractivity contribution < 1.29 is 32.3 Å². The van der Waals surface area contributed by atoms with Gasteiger partial charge in [0, 0.05) is 61.2 Å². The Morgan fingerprint density at radius 2 is 1.64 bits per heavy atom. The van der Waals surface area contributed by atoms with Gasteiger partial charge >= 0.3 is 12.4 Å². The molecule has 2 heterocycles. The van der Waals surface area contributed by atoms with Crippen LogP contribution in [0.1, 0.15) is 44.7 Å². The molecule has 2 atom stereocenters. The fourth-order valence-corrected chi connectivity index (χ4v) is 5.44. The summed E-state index contributed by atoms with van der Waals surface area (Å²) < 4.78 is 44.1. The first-order chi connectivity index (χ1) is 21.0. The Hall–Kier alpha value is -4.26. The average Bonchev–Trinajstić information content (AvgIpc) is 3.39. The third-order valence-electron chi connectivity index (χ3n) is 7.70. The number of piperazine rings is 1. The number of H-pyrrole nitrogens is 1. The van der Waals surface area contributed by atoms with Crippen molar-refractivity contribution in [2.24, 2.45) is 5.41 Å². The molecule has 4 rings (SSSR count). The monoisotopic (exact) mass is 630 g/mol. The predicted octanol–water partition coefficient (Wildman–Crippen LogP) is 5.14. The highest BCUT2D eigenvalue weighted by molar-refractivity contribution is 5.99. The predicted molar refractivity (Wildman–Crippen MR) is 166 cm³/mol. The van der Waals surface area contributed by atoms with Crippen LogP contribution in [-0.2, 0) is 16.1 Å². The molecule has 2 aromatic carbocycles. The second-order valence-electron chi connectivity index (χ2n) is 12.6. The topological polar surface area (TPSA) is 110 Å². The molecule has 1 fully saturated rings. The number of para-hydroxylation sites is 1. The number of hydrogen-bond donors (Lipinski definition) is 3. The Morgan fingerprint density at radius 1 is 1.00 bits per heavy atom. The van der Waals surface area contributed by atoms with Crippen LogP contribution in [0.25, 0.3) is 10.9 Å². The van der Waals surface area contributed by atoms with Gasteiger partial charge in [-0.25, -0.2) is 4.79 Å². The Labute approximate surface area is 260 Å². The van der Waals surface area contributed by atoms with Crippen molar-refractivity contribution in [3.05, 3.63) is 59.8 Å². The zero-order valence-corrected chi connectivity index (χ0v) is 26.4. The summed E-state index contributed by atoms with van der Waals surface area (Å²) >= 11 is 0. The largest absolute Gasteiger partial charge is 0.573 e. The van der Waals surface area contributed by atoms with E-state index in [1.165, 1.54) is 17.0 Å². The second kappa shape index (κ2) is 13.4. The molecule has 0 bridgehead atoms. The number of amides is 4. The van der Waals surface area contributed by atoms with Crippen LogP contribution >= 0.6 is 0 Å². The maximum Gasteiger partial charge on any atom is 0.573 e. The standard InChI is InChI=1S/C32H41F3N6O4/c1-20(23-18-36-24-10-8-7-9-22(23)24)27(38-30(44)41-15-13-40(14-16-41)29(43)31(2,3)4)28(42)37-25-17-21(19-39(5)6)11-12-26(25)45-32(33,34)35/h7-12,17-18,20,27,36H,13-16,19H2,1-6H3,(H,37,42)(H,38,44)/t20-,27+/m0/s1. The average molecular weight is 631 g/mol. The number of carbonyl (C=O) groups is 3. The number of aromatic nitrogens is 1. The summed E-state index contributed by atoms with van der Waals surface area (Å²) in [6, 6.07) is 9.89. The first kappa shape index (κ1) is 33.6. The lowest BCUT2D eigenvalue weighted by Gasteiger charge is -2.38. The van der Waals surface area contributed by atoms with E-state index < -0.39 is 41.4 Å². The summed E-state index contributed by atoms with van der Waals surface area (Å²) in [5.74, 6) is -1.88. The van der Waals surface area contributed by atoms with Gasteiger partial charge in [-0.2, -0.15) is 0 Å². The molecule has 1 aromatic heterocycles. The van der Waals surface area contributed by atoms with Crippen LogP contribution in [0.3, 0.4) is 0 Å². The molecule has 1 saturated heterocycles. The lowest BCUT2D eigenvalue weighted by Crippen LogP contribution is -2.57. The number of nitrogens with one attached hydrogen (secondary N) is 3. The van der Waals surface area contributed by atoms with Crippen LogP contribution in [0.2, 0.25) is 0 Å². The summed E-state index contributed by atoms with van der Waals surface area (Å²) in [4.78, 5) is 48.5. The van der Waals surface area contributed by atoms with Gasteiger partial charge in [-0.1, -0.05) is 52.0 Å². The maximum atomic E-state index is 14.0. The molecule has 0 unspecified atom stereocenters. The Bertz CT molecular complexity index is 1520. The Kier molecular flexibility index (Phi) is 10.0. The number of nitrogens with zero attached hydrogens (tertiary/aromatic N) is 3. The molecule has 10 nitrogen and oxygen atoms in total. The van der Waals surface area contributed by atoms with E-state index in [9.17, 15) is 27.6 Å². The zero-order valence-electron chi connectivity index (χ0n) is 26.4. The van der Waals surface area contributed by atoms with Gasteiger partial charge in [0.25, 0.3) is 0 Å². The minimum atomic E-state index is -4.98.